The van der Waals surface area contributed by atoms with Crippen molar-refractivity contribution in [1.82, 2.24) is 4.90 Å². The molecule has 0 aliphatic rings. The van der Waals surface area contributed by atoms with Gasteiger partial charge in [0.25, 0.3) is 0 Å². The maximum Gasteiger partial charge on any atom is 0.0422 e. The highest BCUT2D eigenvalue weighted by atomic mass is 15.1. The van der Waals surface area contributed by atoms with Gasteiger partial charge in [0.05, 0.1) is 0 Å². The Kier molecular flexibility index (Phi) is 10.1. The fourth-order valence-corrected chi connectivity index (χ4v) is 3.50. The highest BCUT2D eigenvalue weighted by Gasteiger charge is 2.12. The van der Waals surface area contributed by atoms with Crippen molar-refractivity contribution in [2.75, 3.05) is 13.6 Å². The van der Waals surface area contributed by atoms with E-state index in [4.69, 9.17) is 0 Å². The highest BCUT2D eigenvalue weighted by molar-refractivity contribution is 5.70. The van der Waals surface area contributed by atoms with Crippen LogP contribution in [0, 0.1) is 11.8 Å². The van der Waals surface area contributed by atoms with E-state index in [2.05, 4.69) is 83.7 Å². The molecule has 2 atom stereocenters. The van der Waals surface area contributed by atoms with E-state index in [1.165, 1.54) is 41.5 Å². The van der Waals surface area contributed by atoms with Gasteiger partial charge in [-0.1, -0.05) is 70.7 Å². The molecule has 1 nitrogen and oxygen atoms in total. The van der Waals surface area contributed by atoms with Crippen LogP contribution in [0.5, 0.6) is 0 Å². The van der Waals surface area contributed by atoms with Gasteiger partial charge < -0.3 is 4.90 Å². The lowest BCUT2D eigenvalue weighted by atomic mass is 9.89. The molecule has 0 radical (unpaired) electrons. The van der Waals surface area contributed by atoms with Crippen molar-refractivity contribution in [3.05, 3.63) is 72.4 Å². The van der Waals surface area contributed by atoms with Gasteiger partial charge in [-0.05, 0) is 79.3 Å². The summed E-state index contributed by atoms with van der Waals surface area (Å²) in [6.07, 6.45) is 8.93. The monoisotopic (exact) mass is 379 g/mol. The molecule has 0 N–H and O–H groups in total. The summed E-state index contributed by atoms with van der Waals surface area (Å²) in [5.74, 6) is 1.56. The minimum atomic E-state index is 0.752. The molecule has 2 unspecified atom stereocenters. The van der Waals surface area contributed by atoms with Gasteiger partial charge in [-0.25, -0.2) is 0 Å². The Morgan fingerprint density at radius 1 is 1.11 bits per heavy atom. The lowest BCUT2D eigenvalue weighted by Crippen LogP contribution is -2.18. The third-order valence-electron chi connectivity index (χ3n) is 5.76. The first kappa shape index (κ1) is 24.0. The lowest BCUT2D eigenvalue weighted by molar-refractivity contribution is 0.387. The Labute approximate surface area is 174 Å². The minimum absolute atomic E-state index is 0.752. The van der Waals surface area contributed by atoms with Crippen LogP contribution in [0.2, 0.25) is 0 Å². The van der Waals surface area contributed by atoms with Crippen molar-refractivity contribution in [3.8, 4) is 0 Å². The number of likely N-dealkylation sites (N-methyl/N-ethyl adjacent to an activating group) is 1. The second-order valence-corrected chi connectivity index (χ2v) is 8.46. The second kappa shape index (κ2) is 11.7. The zero-order valence-electron chi connectivity index (χ0n) is 19.1. The van der Waals surface area contributed by atoms with Crippen molar-refractivity contribution in [3.63, 3.8) is 0 Å². The summed E-state index contributed by atoms with van der Waals surface area (Å²) >= 11 is 0. The smallest absolute Gasteiger partial charge is 0.0422 e. The quantitative estimate of drug-likeness (QED) is 0.335. The Morgan fingerprint density at radius 3 is 2.29 bits per heavy atom. The van der Waals surface area contributed by atoms with Gasteiger partial charge in [0.2, 0.25) is 0 Å². The third-order valence-corrected chi connectivity index (χ3v) is 5.76. The summed E-state index contributed by atoms with van der Waals surface area (Å²) < 4.78 is 0. The number of hydrogen-bond acceptors (Lipinski definition) is 1. The van der Waals surface area contributed by atoms with Crippen LogP contribution in [0.3, 0.4) is 0 Å². The van der Waals surface area contributed by atoms with Crippen LogP contribution < -0.4 is 0 Å². The number of aryl methyl sites for hydroxylation is 1. The molecule has 0 aliphatic heterocycles. The zero-order valence-corrected chi connectivity index (χ0v) is 19.1. The maximum atomic E-state index is 4.37. The highest BCUT2D eigenvalue weighted by Crippen LogP contribution is 2.26. The van der Waals surface area contributed by atoms with E-state index in [0.717, 1.165) is 36.1 Å². The molecule has 0 aliphatic carbocycles. The van der Waals surface area contributed by atoms with Gasteiger partial charge in [0.15, 0.2) is 0 Å². The second-order valence-electron chi connectivity index (χ2n) is 8.46. The Bertz CT molecular complexity index is 707. The first-order valence-electron chi connectivity index (χ1n) is 10.7. The Hall–Kier alpha value is -2.02. The van der Waals surface area contributed by atoms with Crippen LogP contribution in [0.1, 0.15) is 70.6 Å². The summed E-state index contributed by atoms with van der Waals surface area (Å²) in [5.41, 5.74) is 7.14. The molecular formula is C27H41N. The predicted octanol–water partition coefficient (Wildman–Crippen LogP) is 7.76. The zero-order chi connectivity index (χ0) is 21.3. The number of hydrogen-bond donors (Lipinski definition) is 0. The molecule has 1 aromatic carbocycles. The van der Waals surface area contributed by atoms with Crippen LogP contribution in [0.4, 0.5) is 0 Å². The summed E-state index contributed by atoms with van der Waals surface area (Å²) in [4.78, 5) is 2.20. The molecular weight excluding hydrogens is 338 g/mol. The molecule has 1 rings (SSSR count). The summed E-state index contributed by atoms with van der Waals surface area (Å²) in [7, 11) is 2.09. The van der Waals surface area contributed by atoms with Gasteiger partial charge in [0.1, 0.15) is 0 Å². The lowest BCUT2D eigenvalue weighted by Gasteiger charge is -2.24. The maximum absolute atomic E-state index is 4.37. The van der Waals surface area contributed by atoms with E-state index in [1.54, 1.807) is 0 Å². The van der Waals surface area contributed by atoms with Gasteiger partial charge in [-0.3, -0.25) is 0 Å². The number of allylic oxidation sites excluding steroid dienone is 2. The van der Waals surface area contributed by atoms with Gasteiger partial charge in [-0.2, -0.15) is 0 Å². The molecule has 0 saturated heterocycles. The number of rotatable bonds is 12. The summed E-state index contributed by atoms with van der Waals surface area (Å²) in [5, 5.41) is 0. The van der Waals surface area contributed by atoms with Crippen LogP contribution >= 0.6 is 0 Å². The molecule has 0 bridgehead atoms. The fourth-order valence-electron chi connectivity index (χ4n) is 3.50. The number of benzene rings is 1. The molecule has 1 heteroatoms. The average Bonchev–Trinajstić information content (AvgIpc) is 2.69. The first-order chi connectivity index (χ1) is 13.2. The van der Waals surface area contributed by atoms with Crippen LogP contribution in [-0.2, 0) is 6.42 Å². The van der Waals surface area contributed by atoms with Crippen molar-refractivity contribution in [2.24, 2.45) is 11.8 Å². The average molecular weight is 380 g/mol. The molecule has 0 heterocycles. The first-order valence-corrected chi connectivity index (χ1v) is 10.7. The van der Waals surface area contributed by atoms with E-state index in [0.29, 0.717) is 0 Å². The molecule has 0 fully saturated rings. The minimum Gasteiger partial charge on any atom is -0.370 e. The van der Waals surface area contributed by atoms with Crippen LogP contribution in [0.25, 0.3) is 11.3 Å². The van der Waals surface area contributed by atoms with Crippen molar-refractivity contribution >= 4 is 11.3 Å². The predicted molar refractivity (Wildman–Crippen MR) is 128 cm³/mol. The fraction of sp³-hybridized carbons (Fsp3) is 0.481. The van der Waals surface area contributed by atoms with Crippen molar-refractivity contribution in [1.29, 1.82) is 0 Å². The normalized spacial score (nSPS) is 13.7. The Balaban J connectivity index is 2.99. The van der Waals surface area contributed by atoms with E-state index in [1.807, 2.05) is 13.0 Å². The van der Waals surface area contributed by atoms with Crippen molar-refractivity contribution in [2.45, 2.75) is 60.3 Å². The molecule has 0 amide bonds. The molecule has 0 saturated carbocycles. The van der Waals surface area contributed by atoms with Gasteiger partial charge in [0, 0.05) is 19.3 Å². The van der Waals surface area contributed by atoms with E-state index >= 15 is 0 Å². The topological polar surface area (TPSA) is 3.24 Å². The summed E-state index contributed by atoms with van der Waals surface area (Å²) in [6.45, 7) is 24.4. The van der Waals surface area contributed by atoms with Crippen LogP contribution in [-0.4, -0.2) is 18.5 Å². The molecule has 0 aromatic heterocycles. The van der Waals surface area contributed by atoms with E-state index in [-0.39, 0.29) is 0 Å². The Morgan fingerprint density at radius 2 is 1.75 bits per heavy atom. The van der Waals surface area contributed by atoms with E-state index in [9.17, 15) is 0 Å². The molecule has 1 aromatic rings. The van der Waals surface area contributed by atoms with E-state index < -0.39 is 0 Å². The molecule has 0 spiro atoms. The SMILES string of the molecule is C=C/C(=C\C)CN(C)C(=C)c1cc(CCC(C)CC(C)CC)cc(C(=C)C)c1. The molecule has 154 valence electrons. The van der Waals surface area contributed by atoms with Gasteiger partial charge >= 0.3 is 0 Å². The van der Waals surface area contributed by atoms with Gasteiger partial charge in [-0.15, -0.1) is 0 Å². The number of nitrogens with zero attached hydrogens (tertiary/aromatic N) is 1. The van der Waals surface area contributed by atoms with Crippen LogP contribution in [0.15, 0.2) is 55.7 Å². The molecule has 28 heavy (non-hydrogen) atoms. The third kappa shape index (κ3) is 7.54. The van der Waals surface area contributed by atoms with Crippen molar-refractivity contribution < 1.29 is 0 Å². The standard InChI is InChI=1S/C27H41N/c1-10-21(6)15-22(7)13-14-25-16-26(20(4)5)18-27(17-25)23(8)28(9)19-24(11-2)12-3/h11-12,16-18,21-22H,2,4,8,10,13-15,19H2,1,3,5-7,9H3/b24-12+. The largest absolute Gasteiger partial charge is 0.370 e. The summed E-state index contributed by atoms with van der Waals surface area (Å²) in [6, 6.07) is 6.83.